The number of piperidine rings is 1. The molecule has 1 aliphatic heterocycles. The Morgan fingerprint density at radius 2 is 2.00 bits per heavy atom. The van der Waals surface area contributed by atoms with E-state index in [9.17, 15) is 4.79 Å². The molecular formula is C24H28ClNO2. The lowest BCUT2D eigenvalue weighted by Gasteiger charge is -2.48. The van der Waals surface area contributed by atoms with Crippen molar-refractivity contribution in [3.05, 3.63) is 64.2 Å². The van der Waals surface area contributed by atoms with Gasteiger partial charge in [-0.2, -0.15) is 0 Å². The lowest BCUT2D eigenvalue weighted by atomic mass is 9.71. The zero-order valence-corrected chi connectivity index (χ0v) is 17.3. The molecule has 2 aromatic rings. The Bertz CT molecular complexity index is 863. The molecular weight excluding hydrogens is 370 g/mol. The van der Waals surface area contributed by atoms with Crippen LogP contribution < -0.4 is 4.74 Å². The van der Waals surface area contributed by atoms with Gasteiger partial charge in [0.05, 0.1) is 5.54 Å². The Morgan fingerprint density at radius 3 is 2.82 bits per heavy atom. The first-order valence-corrected chi connectivity index (χ1v) is 10.8. The summed E-state index contributed by atoms with van der Waals surface area (Å²) in [7, 11) is 0. The van der Waals surface area contributed by atoms with Crippen molar-refractivity contribution in [3.8, 4) is 5.75 Å². The third-order valence-electron chi connectivity index (χ3n) is 6.27. The molecule has 1 heterocycles. The van der Waals surface area contributed by atoms with E-state index in [1.54, 1.807) is 0 Å². The summed E-state index contributed by atoms with van der Waals surface area (Å²) in [6, 6.07) is 13.7. The standard InChI is InChI=1S/C24H28ClNO2/c1-2-14-26-15-6-5-12-24(26)13-11-18-16-20(9-10-21(18)23(24)27)28-17-19-7-3-4-8-22(19)25/h3-4,7-10,16H,2,5-6,11-15,17H2,1H3. The molecule has 148 valence electrons. The second-order valence-electron chi connectivity index (χ2n) is 8.00. The van der Waals surface area contributed by atoms with Crippen molar-refractivity contribution < 1.29 is 9.53 Å². The van der Waals surface area contributed by atoms with Gasteiger partial charge in [0.2, 0.25) is 0 Å². The summed E-state index contributed by atoms with van der Waals surface area (Å²) in [4.78, 5) is 16.0. The second kappa shape index (κ2) is 8.26. The number of hydrogen-bond donors (Lipinski definition) is 0. The lowest BCUT2D eigenvalue weighted by molar-refractivity contribution is 0.0293. The molecule has 0 aromatic heterocycles. The summed E-state index contributed by atoms with van der Waals surface area (Å²) in [6.45, 7) is 4.70. The van der Waals surface area contributed by atoms with Crippen molar-refractivity contribution in [1.29, 1.82) is 0 Å². The summed E-state index contributed by atoms with van der Waals surface area (Å²) in [5.74, 6) is 1.12. The maximum absolute atomic E-state index is 13.5. The molecule has 1 saturated heterocycles. The minimum absolute atomic E-state index is 0.277. The van der Waals surface area contributed by atoms with Crippen LogP contribution in [-0.4, -0.2) is 29.3 Å². The number of carbonyl (C=O) groups is 1. The fraction of sp³-hybridized carbons (Fsp3) is 0.458. The Balaban J connectivity index is 1.53. The van der Waals surface area contributed by atoms with Gasteiger partial charge in [0.25, 0.3) is 0 Å². The highest BCUT2D eigenvalue weighted by Crippen LogP contribution is 2.40. The van der Waals surface area contributed by atoms with Crippen LogP contribution >= 0.6 is 11.6 Å². The average Bonchev–Trinajstić information content (AvgIpc) is 2.72. The number of nitrogens with zero attached hydrogens (tertiary/aromatic N) is 1. The maximum atomic E-state index is 13.5. The van der Waals surface area contributed by atoms with Gasteiger partial charge in [0, 0.05) is 16.1 Å². The number of rotatable bonds is 5. The summed E-state index contributed by atoms with van der Waals surface area (Å²) in [6.07, 6.45) is 6.31. The van der Waals surface area contributed by atoms with Crippen LogP contribution in [0.1, 0.15) is 60.5 Å². The summed E-state index contributed by atoms with van der Waals surface area (Å²) in [5, 5.41) is 0.714. The highest BCUT2D eigenvalue weighted by Gasteiger charge is 2.47. The topological polar surface area (TPSA) is 29.5 Å². The third kappa shape index (κ3) is 3.58. The van der Waals surface area contributed by atoms with Gasteiger partial charge in [-0.05, 0) is 81.4 Å². The number of likely N-dealkylation sites (tertiary alicyclic amines) is 1. The van der Waals surface area contributed by atoms with Crippen LogP contribution in [-0.2, 0) is 13.0 Å². The van der Waals surface area contributed by atoms with Crippen molar-refractivity contribution in [3.63, 3.8) is 0 Å². The molecule has 1 spiro atoms. The van der Waals surface area contributed by atoms with Crippen molar-refractivity contribution >= 4 is 17.4 Å². The normalized spacial score (nSPS) is 22.3. The van der Waals surface area contributed by atoms with E-state index >= 15 is 0 Å². The van der Waals surface area contributed by atoms with E-state index in [0.29, 0.717) is 17.4 Å². The molecule has 1 aliphatic carbocycles. The van der Waals surface area contributed by atoms with Crippen LogP contribution in [0.15, 0.2) is 42.5 Å². The van der Waals surface area contributed by atoms with Crippen LogP contribution in [0.4, 0.5) is 0 Å². The SMILES string of the molecule is CCCN1CCCCC12CCc1cc(OCc3ccccc3Cl)ccc1C2=O. The minimum atomic E-state index is -0.277. The zero-order valence-electron chi connectivity index (χ0n) is 16.5. The smallest absolute Gasteiger partial charge is 0.183 e. The molecule has 28 heavy (non-hydrogen) atoms. The first-order chi connectivity index (χ1) is 13.6. The molecule has 1 unspecified atom stereocenters. The molecule has 0 radical (unpaired) electrons. The molecule has 4 rings (SSSR count). The van der Waals surface area contributed by atoms with Crippen LogP contribution in [0.25, 0.3) is 0 Å². The fourth-order valence-electron chi connectivity index (χ4n) is 4.80. The van der Waals surface area contributed by atoms with Gasteiger partial charge in [-0.15, -0.1) is 0 Å². The van der Waals surface area contributed by atoms with Crippen LogP contribution in [0.2, 0.25) is 5.02 Å². The van der Waals surface area contributed by atoms with Crippen LogP contribution in [0, 0.1) is 0 Å². The second-order valence-corrected chi connectivity index (χ2v) is 8.41. The summed E-state index contributed by atoms with van der Waals surface area (Å²) < 4.78 is 5.96. The molecule has 0 saturated carbocycles. The quantitative estimate of drug-likeness (QED) is 0.649. The van der Waals surface area contributed by atoms with Crippen molar-refractivity contribution in [2.45, 2.75) is 57.6 Å². The Kier molecular flexibility index (Phi) is 5.75. The van der Waals surface area contributed by atoms with Gasteiger partial charge < -0.3 is 4.74 Å². The molecule has 0 N–H and O–H groups in total. The molecule has 1 atom stereocenters. The number of Topliss-reactive ketones (excluding diaryl/α,β-unsaturated/α-hetero) is 1. The Morgan fingerprint density at radius 1 is 1.14 bits per heavy atom. The number of hydrogen-bond acceptors (Lipinski definition) is 3. The van der Waals surface area contributed by atoms with Crippen molar-refractivity contribution in [2.24, 2.45) is 0 Å². The van der Waals surface area contributed by atoms with E-state index in [2.05, 4.69) is 11.8 Å². The predicted octanol–water partition coefficient (Wildman–Crippen LogP) is 5.68. The van der Waals surface area contributed by atoms with E-state index in [-0.39, 0.29) is 5.54 Å². The van der Waals surface area contributed by atoms with Crippen LogP contribution in [0.3, 0.4) is 0 Å². The number of benzene rings is 2. The number of halogens is 1. The maximum Gasteiger partial charge on any atom is 0.183 e. The molecule has 2 aromatic carbocycles. The third-order valence-corrected chi connectivity index (χ3v) is 6.64. The molecule has 2 aliphatic rings. The summed E-state index contributed by atoms with van der Waals surface area (Å²) >= 11 is 6.22. The first kappa shape index (κ1) is 19.5. The van der Waals surface area contributed by atoms with Gasteiger partial charge >= 0.3 is 0 Å². The van der Waals surface area contributed by atoms with Gasteiger partial charge in [0.1, 0.15) is 12.4 Å². The Labute approximate surface area is 172 Å². The van der Waals surface area contributed by atoms with Gasteiger partial charge in [-0.1, -0.05) is 36.7 Å². The van der Waals surface area contributed by atoms with Gasteiger partial charge in [0.15, 0.2) is 5.78 Å². The lowest BCUT2D eigenvalue weighted by Crippen LogP contribution is -2.59. The highest BCUT2D eigenvalue weighted by molar-refractivity contribution is 6.31. The monoisotopic (exact) mass is 397 g/mol. The van der Waals surface area contributed by atoms with Gasteiger partial charge in [-0.25, -0.2) is 0 Å². The van der Waals surface area contributed by atoms with Crippen LogP contribution in [0.5, 0.6) is 5.75 Å². The number of ether oxygens (including phenoxy) is 1. The van der Waals surface area contributed by atoms with E-state index in [0.717, 1.165) is 67.6 Å². The van der Waals surface area contributed by atoms with Crippen molar-refractivity contribution in [2.75, 3.05) is 13.1 Å². The molecule has 0 amide bonds. The first-order valence-electron chi connectivity index (χ1n) is 10.4. The zero-order chi connectivity index (χ0) is 19.6. The summed E-state index contributed by atoms with van der Waals surface area (Å²) in [5.41, 5.74) is 2.70. The van der Waals surface area contributed by atoms with E-state index < -0.39 is 0 Å². The highest BCUT2D eigenvalue weighted by atomic mass is 35.5. The van der Waals surface area contributed by atoms with E-state index in [1.807, 2.05) is 42.5 Å². The van der Waals surface area contributed by atoms with E-state index in [1.165, 1.54) is 6.42 Å². The van der Waals surface area contributed by atoms with Crippen molar-refractivity contribution in [1.82, 2.24) is 4.90 Å². The largest absolute Gasteiger partial charge is 0.489 e. The number of fused-ring (bicyclic) bond motifs is 1. The average molecular weight is 398 g/mol. The minimum Gasteiger partial charge on any atom is -0.489 e. The molecule has 1 fully saturated rings. The predicted molar refractivity (Wildman–Crippen MR) is 113 cm³/mol. The fourth-order valence-corrected chi connectivity index (χ4v) is 4.99. The molecule has 0 bridgehead atoms. The Hall–Kier alpha value is -1.84. The number of aryl methyl sites for hydroxylation is 1. The van der Waals surface area contributed by atoms with Gasteiger partial charge in [-0.3, -0.25) is 9.69 Å². The van der Waals surface area contributed by atoms with E-state index in [4.69, 9.17) is 16.3 Å². The number of ketones is 1. The number of carbonyl (C=O) groups excluding carboxylic acids is 1. The molecule has 3 nitrogen and oxygen atoms in total. The molecule has 4 heteroatoms.